The SMILES string of the molecule is Fc1cc(Cl)ncc1-c1ccc(N2CCC(F)(F)CC2)nn1. The second-order valence-electron chi connectivity index (χ2n) is 5.11. The van der Waals surface area contributed by atoms with Gasteiger partial charge in [0, 0.05) is 38.2 Å². The largest absolute Gasteiger partial charge is 0.355 e. The fourth-order valence-corrected chi connectivity index (χ4v) is 2.44. The van der Waals surface area contributed by atoms with Crippen molar-refractivity contribution in [3.63, 3.8) is 0 Å². The minimum Gasteiger partial charge on any atom is -0.355 e. The maximum absolute atomic E-state index is 13.8. The van der Waals surface area contributed by atoms with Crippen molar-refractivity contribution in [2.45, 2.75) is 18.8 Å². The maximum atomic E-state index is 13.8. The summed E-state index contributed by atoms with van der Waals surface area (Å²) in [4.78, 5) is 5.55. The maximum Gasteiger partial charge on any atom is 0.251 e. The molecule has 1 aliphatic rings. The first-order chi connectivity index (χ1) is 10.4. The Morgan fingerprint density at radius 2 is 1.86 bits per heavy atom. The number of anilines is 1. The number of hydrogen-bond donors (Lipinski definition) is 0. The van der Waals surface area contributed by atoms with Crippen molar-refractivity contribution in [1.29, 1.82) is 0 Å². The van der Waals surface area contributed by atoms with E-state index in [9.17, 15) is 13.2 Å². The molecule has 0 radical (unpaired) electrons. The highest BCUT2D eigenvalue weighted by Crippen LogP contribution is 2.30. The molecule has 0 N–H and O–H groups in total. The summed E-state index contributed by atoms with van der Waals surface area (Å²) in [6.45, 7) is 0.440. The van der Waals surface area contributed by atoms with Crippen LogP contribution in [0.5, 0.6) is 0 Å². The Hall–Kier alpha value is -1.89. The number of nitrogens with zero attached hydrogens (tertiary/aromatic N) is 4. The smallest absolute Gasteiger partial charge is 0.251 e. The number of hydrogen-bond acceptors (Lipinski definition) is 4. The molecule has 0 atom stereocenters. The van der Waals surface area contributed by atoms with Crippen LogP contribution in [0.1, 0.15) is 12.8 Å². The summed E-state index contributed by atoms with van der Waals surface area (Å²) in [7, 11) is 0. The number of piperidine rings is 1. The van der Waals surface area contributed by atoms with Gasteiger partial charge >= 0.3 is 0 Å². The van der Waals surface area contributed by atoms with E-state index in [1.807, 2.05) is 0 Å². The number of pyridine rings is 1. The molecule has 116 valence electrons. The van der Waals surface area contributed by atoms with Crippen molar-refractivity contribution < 1.29 is 13.2 Å². The van der Waals surface area contributed by atoms with Gasteiger partial charge in [0.2, 0.25) is 0 Å². The number of rotatable bonds is 2. The second kappa shape index (κ2) is 5.72. The first-order valence-corrected chi connectivity index (χ1v) is 7.10. The van der Waals surface area contributed by atoms with E-state index >= 15 is 0 Å². The quantitative estimate of drug-likeness (QED) is 0.790. The van der Waals surface area contributed by atoms with Gasteiger partial charge in [0.15, 0.2) is 5.82 Å². The van der Waals surface area contributed by atoms with Crippen LogP contribution in [0.4, 0.5) is 19.0 Å². The Kier molecular flexibility index (Phi) is 3.90. The molecule has 3 rings (SSSR count). The topological polar surface area (TPSA) is 41.9 Å². The molecule has 8 heteroatoms. The highest BCUT2D eigenvalue weighted by atomic mass is 35.5. The lowest BCUT2D eigenvalue weighted by atomic mass is 10.1. The average Bonchev–Trinajstić information content (AvgIpc) is 2.48. The van der Waals surface area contributed by atoms with Crippen LogP contribution >= 0.6 is 11.6 Å². The van der Waals surface area contributed by atoms with Crippen LogP contribution in [0.3, 0.4) is 0 Å². The number of halogens is 4. The van der Waals surface area contributed by atoms with Gasteiger partial charge in [-0.15, -0.1) is 10.2 Å². The van der Waals surface area contributed by atoms with Crippen LogP contribution in [-0.2, 0) is 0 Å². The molecule has 0 spiro atoms. The summed E-state index contributed by atoms with van der Waals surface area (Å²) in [6.07, 6.45) is 0.876. The monoisotopic (exact) mass is 328 g/mol. The summed E-state index contributed by atoms with van der Waals surface area (Å²) in [5.41, 5.74) is 0.501. The lowest BCUT2D eigenvalue weighted by Gasteiger charge is -2.32. The first-order valence-electron chi connectivity index (χ1n) is 6.72. The van der Waals surface area contributed by atoms with Crippen molar-refractivity contribution in [3.8, 4) is 11.3 Å². The molecule has 0 saturated carbocycles. The Morgan fingerprint density at radius 1 is 1.14 bits per heavy atom. The van der Waals surface area contributed by atoms with Crippen molar-refractivity contribution in [3.05, 3.63) is 35.4 Å². The Balaban J connectivity index is 1.78. The van der Waals surface area contributed by atoms with Gasteiger partial charge in [-0.2, -0.15) is 0 Å². The standard InChI is InChI=1S/C14H12ClF3N4/c15-12-7-10(16)9(8-19-12)11-1-2-13(21-20-11)22-5-3-14(17,18)4-6-22/h1-2,7-8H,3-6H2. The third kappa shape index (κ3) is 3.14. The molecule has 3 heterocycles. The van der Waals surface area contributed by atoms with Gasteiger partial charge in [0.25, 0.3) is 5.92 Å². The summed E-state index contributed by atoms with van der Waals surface area (Å²) in [6, 6.07) is 4.32. The lowest BCUT2D eigenvalue weighted by Crippen LogP contribution is -2.39. The van der Waals surface area contributed by atoms with Gasteiger partial charge < -0.3 is 4.90 Å². The fraction of sp³-hybridized carbons (Fsp3) is 0.357. The minimum absolute atomic E-state index is 0.0556. The van der Waals surface area contributed by atoms with Crippen molar-refractivity contribution in [2.24, 2.45) is 0 Å². The van der Waals surface area contributed by atoms with E-state index in [0.717, 1.165) is 6.07 Å². The molecule has 0 bridgehead atoms. The summed E-state index contributed by atoms with van der Waals surface area (Å²) in [5.74, 6) is -2.65. The van der Waals surface area contributed by atoms with E-state index in [1.165, 1.54) is 6.20 Å². The van der Waals surface area contributed by atoms with Gasteiger partial charge in [-0.25, -0.2) is 18.2 Å². The molecule has 0 unspecified atom stereocenters. The lowest BCUT2D eigenvalue weighted by molar-refractivity contribution is -0.0221. The van der Waals surface area contributed by atoms with E-state index in [-0.39, 0.29) is 36.6 Å². The van der Waals surface area contributed by atoms with Gasteiger partial charge in [-0.3, -0.25) is 0 Å². The van der Waals surface area contributed by atoms with Crippen LogP contribution in [0.2, 0.25) is 5.15 Å². The number of alkyl halides is 2. The Bertz CT molecular complexity index is 668. The average molecular weight is 329 g/mol. The highest BCUT2D eigenvalue weighted by molar-refractivity contribution is 6.29. The fourth-order valence-electron chi connectivity index (χ4n) is 2.30. The third-order valence-electron chi connectivity index (χ3n) is 3.57. The third-order valence-corrected chi connectivity index (χ3v) is 3.77. The minimum atomic E-state index is -2.61. The zero-order valence-corrected chi connectivity index (χ0v) is 12.2. The molecule has 0 amide bonds. The van der Waals surface area contributed by atoms with Crippen molar-refractivity contribution in [1.82, 2.24) is 15.2 Å². The van der Waals surface area contributed by atoms with Crippen LogP contribution < -0.4 is 4.90 Å². The van der Waals surface area contributed by atoms with Gasteiger partial charge in [0.05, 0.1) is 11.3 Å². The molecular weight excluding hydrogens is 317 g/mol. The molecular formula is C14H12ClF3N4. The second-order valence-corrected chi connectivity index (χ2v) is 5.49. The molecule has 1 fully saturated rings. The van der Waals surface area contributed by atoms with Gasteiger partial charge in [0.1, 0.15) is 11.0 Å². The van der Waals surface area contributed by atoms with E-state index in [0.29, 0.717) is 11.5 Å². The van der Waals surface area contributed by atoms with Crippen molar-refractivity contribution >= 4 is 17.4 Å². The zero-order chi connectivity index (χ0) is 15.7. The molecule has 22 heavy (non-hydrogen) atoms. The molecule has 4 nitrogen and oxygen atoms in total. The van der Waals surface area contributed by atoms with Crippen LogP contribution in [0, 0.1) is 5.82 Å². The normalized spacial score (nSPS) is 17.5. The molecule has 1 aliphatic heterocycles. The summed E-state index contributed by atoms with van der Waals surface area (Å²) in [5, 5.41) is 8.00. The van der Waals surface area contributed by atoms with E-state index in [2.05, 4.69) is 15.2 Å². The molecule has 2 aromatic rings. The Morgan fingerprint density at radius 3 is 2.45 bits per heavy atom. The zero-order valence-electron chi connectivity index (χ0n) is 11.4. The van der Waals surface area contributed by atoms with Crippen LogP contribution in [0.15, 0.2) is 24.4 Å². The molecule has 2 aromatic heterocycles. The molecule has 0 aromatic carbocycles. The molecule has 0 aliphatic carbocycles. The van der Waals surface area contributed by atoms with E-state index in [4.69, 9.17) is 11.6 Å². The molecule has 1 saturated heterocycles. The van der Waals surface area contributed by atoms with Crippen LogP contribution in [-0.4, -0.2) is 34.2 Å². The van der Waals surface area contributed by atoms with Gasteiger partial charge in [-0.05, 0) is 12.1 Å². The summed E-state index contributed by atoms with van der Waals surface area (Å²) >= 11 is 5.60. The van der Waals surface area contributed by atoms with Gasteiger partial charge in [-0.1, -0.05) is 11.6 Å². The highest BCUT2D eigenvalue weighted by Gasteiger charge is 2.34. The first kappa shape index (κ1) is 15.0. The summed E-state index contributed by atoms with van der Waals surface area (Å²) < 4.78 is 40.1. The Labute approximate surface area is 129 Å². The van der Waals surface area contributed by atoms with E-state index < -0.39 is 11.7 Å². The predicted molar refractivity (Wildman–Crippen MR) is 76.6 cm³/mol. The van der Waals surface area contributed by atoms with Crippen molar-refractivity contribution in [2.75, 3.05) is 18.0 Å². The van der Waals surface area contributed by atoms with E-state index in [1.54, 1.807) is 17.0 Å². The van der Waals surface area contributed by atoms with Crippen LogP contribution in [0.25, 0.3) is 11.3 Å². The predicted octanol–water partition coefficient (Wildman–Crippen LogP) is 3.57. The number of aromatic nitrogens is 3.